The van der Waals surface area contributed by atoms with Crippen molar-refractivity contribution in [3.05, 3.63) is 78.4 Å². The lowest BCUT2D eigenvalue weighted by molar-refractivity contribution is -0.394. The van der Waals surface area contributed by atoms with Crippen LogP contribution in [0.2, 0.25) is 0 Å². The molecule has 12 nitrogen and oxygen atoms in total. The second kappa shape index (κ2) is 7.88. The molecule has 0 radical (unpaired) electrons. The van der Waals surface area contributed by atoms with E-state index in [1.54, 1.807) is 12.1 Å². The first-order chi connectivity index (χ1) is 13.8. The van der Waals surface area contributed by atoms with Crippen LogP contribution in [0.15, 0.2) is 42.5 Å². The summed E-state index contributed by atoms with van der Waals surface area (Å²) in [4.78, 5) is 46.9. The predicted octanol–water partition coefficient (Wildman–Crippen LogP) is 2.37. The standard InChI is InChI=1S/C17H15N5O7/c23-17(15-6-5-14(21(26)27)11-16(15)22(28)29)19-9-7-18(8-10-19)12-1-3-13(4-2-12)20(24)25/h1-6,11H,7-10H2. The van der Waals surface area contributed by atoms with Crippen molar-refractivity contribution in [2.24, 2.45) is 0 Å². The fourth-order valence-corrected chi connectivity index (χ4v) is 3.09. The number of nitro benzene ring substituents is 3. The number of rotatable bonds is 5. The number of carbonyl (C=O) groups is 1. The molecule has 1 aliphatic rings. The molecule has 0 aromatic heterocycles. The number of nitrogens with zero attached hydrogens (tertiary/aromatic N) is 5. The van der Waals surface area contributed by atoms with E-state index in [-0.39, 0.29) is 24.3 Å². The number of benzene rings is 2. The topological polar surface area (TPSA) is 153 Å². The molecule has 2 aromatic rings. The third-order valence-corrected chi connectivity index (χ3v) is 4.61. The normalized spacial score (nSPS) is 13.8. The number of anilines is 1. The summed E-state index contributed by atoms with van der Waals surface area (Å²) in [7, 11) is 0. The Morgan fingerprint density at radius 3 is 1.83 bits per heavy atom. The van der Waals surface area contributed by atoms with Gasteiger partial charge in [-0.1, -0.05) is 0 Å². The van der Waals surface area contributed by atoms with Gasteiger partial charge < -0.3 is 9.80 Å². The molecule has 1 fully saturated rings. The van der Waals surface area contributed by atoms with Gasteiger partial charge in [0.15, 0.2) is 0 Å². The Morgan fingerprint density at radius 2 is 1.31 bits per heavy atom. The van der Waals surface area contributed by atoms with Gasteiger partial charge in [0.05, 0.1) is 20.8 Å². The lowest BCUT2D eigenvalue weighted by Gasteiger charge is -2.36. The predicted molar refractivity (Wildman–Crippen MR) is 101 cm³/mol. The highest BCUT2D eigenvalue weighted by Crippen LogP contribution is 2.27. The number of carbonyl (C=O) groups excluding carboxylic acids is 1. The van der Waals surface area contributed by atoms with Gasteiger partial charge in [0, 0.05) is 50.1 Å². The number of amides is 1. The summed E-state index contributed by atoms with van der Waals surface area (Å²) in [6, 6.07) is 8.97. The molecule has 0 aliphatic carbocycles. The fourth-order valence-electron chi connectivity index (χ4n) is 3.09. The van der Waals surface area contributed by atoms with Crippen molar-refractivity contribution in [2.75, 3.05) is 31.1 Å². The number of piperazine rings is 1. The van der Waals surface area contributed by atoms with Gasteiger partial charge in [0.2, 0.25) is 0 Å². The van der Waals surface area contributed by atoms with Gasteiger partial charge in [-0.3, -0.25) is 35.1 Å². The van der Waals surface area contributed by atoms with Crippen LogP contribution >= 0.6 is 0 Å². The minimum Gasteiger partial charge on any atom is -0.368 e. The smallest absolute Gasteiger partial charge is 0.289 e. The number of nitro groups is 3. The van der Waals surface area contributed by atoms with Crippen LogP contribution in [0, 0.1) is 30.3 Å². The van der Waals surface area contributed by atoms with Crippen LogP contribution in [-0.4, -0.2) is 51.8 Å². The first-order valence-corrected chi connectivity index (χ1v) is 8.49. The maximum absolute atomic E-state index is 12.7. The van der Waals surface area contributed by atoms with Gasteiger partial charge in [-0.05, 0) is 18.2 Å². The van der Waals surface area contributed by atoms with Gasteiger partial charge in [-0.15, -0.1) is 0 Å². The number of non-ortho nitro benzene ring substituents is 2. The lowest BCUT2D eigenvalue weighted by Crippen LogP contribution is -2.48. The minimum atomic E-state index is -0.812. The molecule has 0 unspecified atom stereocenters. The number of hydrogen-bond acceptors (Lipinski definition) is 8. The van der Waals surface area contributed by atoms with Crippen LogP contribution in [0.25, 0.3) is 0 Å². The second-order valence-corrected chi connectivity index (χ2v) is 6.27. The third kappa shape index (κ3) is 4.10. The van der Waals surface area contributed by atoms with E-state index in [0.717, 1.165) is 23.9 Å². The van der Waals surface area contributed by atoms with Crippen LogP contribution < -0.4 is 4.90 Å². The molecule has 0 spiro atoms. The van der Waals surface area contributed by atoms with Crippen LogP contribution in [0.5, 0.6) is 0 Å². The molecule has 0 bridgehead atoms. The maximum Gasteiger partial charge on any atom is 0.289 e. The molecule has 29 heavy (non-hydrogen) atoms. The van der Waals surface area contributed by atoms with Crippen LogP contribution in [0.1, 0.15) is 10.4 Å². The third-order valence-electron chi connectivity index (χ3n) is 4.61. The van der Waals surface area contributed by atoms with E-state index in [1.165, 1.54) is 17.0 Å². The van der Waals surface area contributed by atoms with Gasteiger partial charge in [0.25, 0.3) is 23.0 Å². The van der Waals surface area contributed by atoms with Crippen molar-refractivity contribution in [3.8, 4) is 0 Å². The summed E-state index contributed by atoms with van der Waals surface area (Å²) in [5.41, 5.74) is -0.528. The summed E-state index contributed by atoms with van der Waals surface area (Å²) in [6.07, 6.45) is 0. The van der Waals surface area contributed by atoms with Gasteiger partial charge in [-0.25, -0.2) is 0 Å². The Hall–Kier alpha value is -4.09. The van der Waals surface area contributed by atoms with Crippen molar-refractivity contribution in [1.29, 1.82) is 0 Å². The minimum absolute atomic E-state index is 0.0203. The SMILES string of the molecule is O=C(c1ccc([N+](=O)[O-])cc1[N+](=O)[O-])N1CCN(c2ccc([N+](=O)[O-])cc2)CC1. The second-order valence-electron chi connectivity index (χ2n) is 6.27. The molecule has 0 N–H and O–H groups in total. The molecule has 150 valence electrons. The Labute approximate surface area is 163 Å². The Morgan fingerprint density at radius 1 is 0.759 bits per heavy atom. The quantitative estimate of drug-likeness (QED) is 0.546. The van der Waals surface area contributed by atoms with Crippen LogP contribution in [0.4, 0.5) is 22.7 Å². The van der Waals surface area contributed by atoms with E-state index >= 15 is 0 Å². The van der Waals surface area contributed by atoms with E-state index in [4.69, 9.17) is 0 Å². The molecule has 1 heterocycles. The van der Waals surface area contributed by atoms with Gasteiger partial charge in [-0.2, -0.15) is 0 Å². The first kappa shape index (κ1) is 19.7. The van der Waals surface area contributed by atoms with Crippen LogP contribution in [0.3, 0.4) is 0 Å². The summed E-state index contributed by atoms with van der Waals surface area (Å²) in [5.74, 6) is -0.574. The molecule has 12 heteroatoms. The van der Waals surface area contributed by atoms with Crippen molar-refractivity contribution < 1.29 is 19.6 Å². The fraction of sp³-hybridized carbons (Fsp3) is 0.235. The van der Waals surface area contributed by atoms with Gasteiger partial charge >= 0.3 is 0 Å². The molecular weight excluding hydrogens is 386 g/mol. The first-order valence-electron chi connectivity index (χ1n) is 8.49. The molecule has 1 aliphatic heterocycles. The average Bonchev–Trinajstić information content (AvgIpc) is 2.73. The summed E-state index contributed by atoms with van der Waals surface area (Å²) < 4.78 is 0. The zero-order valence-electron chi connectivity index (χ0n) is 15.0. The van der Waals surface area contributed by atoms with E-state index in [2.05, 4.69) is 0 Å². The van der Waals surface area contributed by atoms with E-state index in [9.17, 15) is 35.1 Å². The molecule has 1 saturated heterocycles. The highest BCUT2D eigenvalue weighted by molar-refractivity contribution is 5.98. The molecule has 1 amide bonds. The van der Waals surface area contributed by atoms with Crippen molar-refractivity contribution in [3.63, 3.8) is 0 Å². The van der Waals surface area contributed by atoms with E-state index < -0.39 is 32.1 Å². The Balaban J connectivity index is 1.72. The molecule has 0 atom stereocenters. The monoisotopic (exact) mass is 401 g/mol. The zero-order valence-corrected chi connectivity index (χ0v) is 15.0. The lowest BCUT2D eigenvalue weighted by atomic mass is 10.1. The average molecular weight is 401 g/mol. The molecule has 0 saturated carbocycles. The van der Waals surface area contributed by atoms with Gasteiger partial charge in [0.1, 0.15) is 5.56 Å². The van der Waals surface area contributed by atoms with Crippen molar-refractivity contribution in [2.45, 2.75) is 0 Å². The molecule has 2 aromatic carbocycles. The van der Waals surface area contributed by atoms with Crippen molar-refractivity contribution >= 4 is 28.7 Å². The largest absolute Gasteiger partial charge is 0.368 e. The Kier molecular flexibility index (Phi) is 5.34. The van der Waals surface area contributed by atoms with Crippen LogP contribution in [-0.2, 0) is 0 Å². The maximum atomic E-state index is 12.7. The summed E-state index contributed by atoms with van der Waals surface area (Å²) >= 11 is 0. The van der Waals surface area contributed by atoms with E-state index in [0.29, 0.717) is 13.1 Å². The molecular formula is C17H15N5O7. The van der Waals surface area contributed by atoms with E-state index in [1.807, 2.05) is 4.90 Å². The highest BCUT2D eigenvalue weighted by Gasteiger charge is 2.29. The summed E-state index contributed by atoms with van der Waals surface area (Å²) in [6.45, 7) is 1.43. The highest BCUT2D eigenvalue weighted by atomic mass is 16.6. The number of hydrogen-bond donors (Lipinski definition) is 0. The molecule has 3 rings (SSSR count). The Bertz CT molecular complexity index is 984. The summed E-state index contributed by atoms with van der Waals surface area (Å²) in [5, 5.41) is 32.8. The van der Waals surface area contributed by atoms with Crippen molar-refractivity contribution in [1.82, 2.24) is 4.90 Å². The zero-order chi connectivity index (χ0) is 21.1.